The van der Waals surface area contributed by atoms with Gasteiger partial charge in [-0.15, -0.1) is 0 Å². The van der Waals surface area contributed by atoms with Crippen molar-refractivity contribution >= 4 is 12.1 Å². The number of nitrogens with zero attached hydrogens (tertiary/aromatic N) is 2. The van der Waals surface area contributed by atoms with Gasteiger partial charge in [0.15, 0.2) is 0 Å². The van der Waals surface area contributed by atoms with Gasteiger partial charge in [0.2, 0.25) is 12.1 Å². The number of hydrogen-bond donors (Lipinski definition) is 1. The Morgan fingerprint density at radius 2 is 1.84 bits per heavy atom. The molecule has 0 saturated heterocycles. The standard InChI is InChI=1S/C21H39N3O/c1-4-6-7-8-9-10-11-12-13-14-15-21-23-17-19-24(21,5-2)18-16-22-20(3)25/h14-15,17,21H,4-13,16,18-19H2,1-3H3/p+1/b15-14+. The van der Waals surface area contributed by atoms with Crippen molar-refractivity contribution in [2.75, 3.05) is 26.2 Å². The number of likely N-dealkylation sites (N-methyl/N-ethyl adjacent to an activating group) is 1. The first-order valence-corrected chi connectivity index (χ1v) is 10.4. The van der Waals surface area contributed by atoms with Gasteiger partial charge >= 0.3 is 0 Å². The molecule has 1 aliphatic heterocycles. The molecule has 4 heteroatoms. The highest BCUT2D eigenvalue weighted by Crippen LogP contribution is 2.20. The second-order valence-electron chi connectivity index (χ2n) is 7.36. The van der Waals surface area contributed by atoms with E-state index in [1.165, 1.54) is 51.4 Å². The zero-order chi connectivity index (χ0) is 18.4. The summed E-state index contributed by atoms with van der Waals surface area (Å²) in [5.74, 6) is 0.0520. The molecule has 0 saturated carbocycles. The van der Waals surface area contributed by atoms with Crippen molar-refractivity contribution in [3.05, 3.63) is 12.2 Å². The summed E-state index contributed by atoms with van der Waals surface area (Å²) in [7, 11) is 0. The molecule has 0 aromatic carbocycles. The van der Waals surface area contributed by atoms with Crippen LogP contribution in [0.25, 0.3) is 0 Å². The molecule has 1 rings (SSSR count). The van der Waals surface area contributed by atoms with Crippen LogP contribution in [0.1, 0.15) is 78.6 Å². The fourth-order valence-electron chi connectivity index (χ4n) is 3.57. The van der Waals surface area contributed by atoms with Crippen LogP contribution in [0.3, 0.4) is 0 Å². The third-order valence-corrected chi connectivity index (χ3v) is 5.36. The number of unbranched alkanes of at least 4 members (excludes halogenated alkanes) is 8. The van der Waals surface area contributed by atoms with Gasteiger partial charge in [-0.05, 0) is 25.8 Å². The molecule has 2 unspecified atom stereocenters. The van der Waals surface area contributed by atoms with Crippen LogP contribution in [0, 0.1) is 0 Å². The van der Waals surface area contributed by atoms with Gasteiger partial charge in [0.1, 0.15) is 6.54 Å². The Labute approximate surface area is 155 Å². The zero-order valence-electron chi connectivity index (χ0n) is 16.8. The predicted octanol–water partition coefficient (Wildman–Crippen LogP) is 4.46. The van der Waals surface area contributed by atoms with Gasteiger partial charge in [0, 0.05) is 6.92 Å². The molecule has 1 aliphatic rings. The molecule has 2 atom stereocenters. The lowest BCUT2D eigenvalue weighted by Crippen LogP contribution is -2.54. The van der Waals surface area contributed by atoms with E-state index in [9.17, 15) is 4.79 Å². The largest absolute Gasteiger partial charge is 0.351 e. The summed E-state index contributed by atoms with van der Waals surface area (Å²) in [6.07, 6.45) is 19.0. The highest BCUT2D eigenvalue weighted by atomic mass is 16.1. The van der Waals surface area contributed by atoms with Gasteiger partial charge in [-0.1, -0.05) is 57.9 Å². The maximum absolute atomic E-state index is 11.1. The molecule has 0 bridgehead atoms. The van der Waals surface area contributed by atoms with Gasteiger partial charge < -0.3 is 5.32 Å². The number of rotatable bonds is 14. The Kier molecular flexibility index (Phi) is 11.5. The second kappa shape index (κ2) is 13.1. The van der Waals surface area contributed by atoms with E-state index in [2.05, 4.69) is 42.5 Å². The minimum absolute atomic E-state index is 0.0520. The van der Waals surface area contributed by atoms with Gasteiger partial charge in [0.05, 0.1) is 25.8 Å². The Hall–Kier alpha value is -1.16. The lowest BCUT2D eigenvalue weighted by Gasteiger charge is -2.36. The first kappa shape index (κ1) is 21.9. The van der Waals surface area contributed by atoms with Crippen LogP contribution in [-0.4, -0.2) is 48.9 Å². The predicted molar refractivity (Wildman–Crippen MR) is 108 cm³/mol. The normalized spacial score (nSPS) is 22.8. The number of nitrogens with one attached hydrogen (secondary N) is 1. The van der Waals surface area contributed by atoms with Crippen LogP contribution in [0.4, 0.5) is 0 Å². The quantitative estimate of drug-likeness (QED) is 0.280. The van der Waals surface area contributed by atoms with E-state index in [-0.39, 0.29) is 12.1 Å². The maximum atomic E-state index is 11.1. The summed E-state index contributed by atoms with van der Waals surface area (Å²) in [6, 6.07) is 0. The van der Waals surface area contributed by atoms with Crippen molar-refractivity contribution < 1.29 is 9.28 Å². The van der Waals surface area contributed by atoms with Crippen molar-refractivity contribution in [3.8, 4) is 0 Å². The van der Waals surface area contributed by atoms with Gasteiger partial charge in [0.25, 0.3) is 0 Å². The summed E-state index contributed by atoms with van der Waals surface area (Å²) in [6.45, 7) is 9.78. The summed E-state index contributed by atoms with van der Waals surface area (Å²) in [5.41, 5.74) is 0. The Balaban J connectivity index is 2.23. The van der Waals surface area contributed by atoms with Crippen LogP contribution < -0.4 is 5.32 Å². The topological polar surface area (TPSA) is 41.5 Å². The van der Waals surface area contributed by atoms with Crippen molar-refractivity contribution in [1.82, 2.24) is 5.32 Å². The van der Waals surface area contributed by atoms with Crippen molar-refractivity contribution in [3.63, 3.8) is 0 Å². The second-order valence-corrected chi connectivity index (χ2v) is 7.36. The van der Waals surface area contributed by atoms with Gasteiger partial charge in [-0.2, -0.15) is 0 Å². The molecule has 0 aromatic heterocycles. The van der Waals surface area contributed by atoms with E-state index in [4.69, 9.17) is 0 Å². The molecule has 0 aliphatic carbocycles. The summed E-state index contributed by atoms with van der Waals surface area (Å²) < 4.78 is 0.939. The number of aliphatic imine (C=N–C) groups is 1. The lowest BCUT2D eigenvalue weighted by atomic mass is 10.1. The average molecular weight is 351 g/mol. The fourth-order valence-corrected chi connectivity index (χ4v) is 3.57. The lowest BCUT2D eigenvalue weighted by molar-refractivity contribution is -0.928. The summed E-state index contributed by atoms with van der Waals surface area (Å²) in [5, 5.41) is 2.93. The maximum Gasteiger partial charge on any atom is 0.217 e. The molecular weight excluding hydrogens is 310 g/mol. The van der Waals surface area contributed by atoms with Gasteiger partial charge in [-0.3, -0.25) is 9.28 Å². The van der Waals surface area contributed by atoms with Crippen LogP contribution in [0.5, 0.6) is 0 Å². The molecule has 0 spiro atoms. The number of carbonyl (C=O) groups excluding carboxylic acids is 1. The molecule has 1 heterocycles. The van der Waals surface area contributed by atoms with Gasteiger partial charge in [-0.25, -0.2) is 4.99 Å². The van der Waals surface area contributed by atoms with E-state index in [0.29, 0.717) is 0 Å². The third kappa shape index (κ3) is 8.66. The molecule has 144 valence electrons. The van der Waals surface area contributed by atoms with E-state index in [0.717, 1.165) is 37.1 Å². The molecular formula is C21H40N3O+. The van der Waals surface area contributed by atoms with Crippen molar-refractivity contribution in [1.29, 1.82) is 0 Å². The minimum Gasteiger partial charge on any atom is -0.351 e. The highest BCUT2D eigenvalue weighted by molar-refractivity contribution is 5.72. The van der Waals surface area contributed by atoms with Crippen LogP contribution in [0.15, 0.2) is 17.1 Å². The zero-order valence-corrected chi connectivity index (χ0v) is 16.8. The highest BCUT2D eigenvalue weighted by Gasteiger charge is 2.35. The minimum atomic E-state index is 0.0520. The van der Waals surface area contributed by atoms with E-state index < -0.39 is 0 Å². The average Bonchev–Trinajstić information content (AvgIpc) is 2.99. The molecule has 0 fully saturated rings. The molecule has 0 aromatic rings. The van der Waals surface area contributed by atoms with Crippen LogP contribution in [-0.2, 0) is 4.79 Å². The van der Waals surface area contributed by atoms with Crippen LogP contribution in [0.2, 0.25) is 0 Å². The van der Waals surface area contributed by atoms with Crippen molar-refractivity contribution in [2.45, 2.75) is 84.7 Å². The monoisotopic (exact) mass is 350 g/mol. The fraction of sp³-hybridized carbons (Fsp3) is 0.810. The van der Waals surface area contributed by atoms with Crippen LogP contribution >= 0.6 is 0 Å². The van der Waals surface area contributed by atoms with Crippen molar-refractivity contribution in [2.24, 2.45) is 4.99 Å². The molecule has 1 amide bonds. The third-order valence-electron chi connectivity index (χ3n) is 5.36. The first-order valence-electron chi connectivity index (χ1n) is 10.4. The first-order chi connectivity index (χ1) is 12.1. The van der Waals surface area contributed by atoms with E-state index in [1.807, 2.05) is 0 Å². The Bertz CT molecular complexity index is 419. The number of quaternary nitrogens is 1. The molecule has 0 radical (unpaired) electrons. The smallest absolute Gasteiger partial charge is 0.217 e. The molecule has 25 heavy (non-hydrogen) atoms. The van der Waals surface area contributed by atoms with E-state index >= 15 is 0 Å². The summed E-state index contributed by atoms with van der Waals surface area (Å²) >= 11 is 0. The SMILES string of the molecule is CCCCCCCCCC/C=C/C1N=CC[N+]1(CC)CCNC(C)=O. The summed E-state index contributed by atoms with van der Waals surface area (Å²) in [4.78, 5) is 15.8. The Morgan fingerprint density at radius 1 is 1.16 bits per heavy atom. The molecule has 4 nitrogen and oxygen atoms in total. The number of amides is 1. The van der Waals surface area contributed by atoms with E-state index in [1.54, 1.807) is 6.92 Å². The number of carbonyl (C=O) groups is 1. The molecule has 1 N–H and O–H groups in total. The number of allylic oxidation sites excluding steroid dienone is 1. The Morgan fingerprint density at radius 3 is 2.48 bits per heavy atom. The number of hydrogen-bond acceptors (Lipinski definition) is 2.